The largest absolute Gasteiger partial charge is 0.340 e. The number of piperidine rings is 1. The van der Waals surface area contributed by atoms with E-state index < -0.39 is 0 Å². The van der Waals surface area contributed by atoms with Crippen molar-refractivity contribution < 1.29 is 4.79 Å². The fraction of sp³-hybridized carbons (Fsp3) is 0.375. The van der Waals surface area contributed by atoms with Gasteiger partial charge in [-0.05, 0) is 43.4 Å². The number of fused-ring (bicyclic) bond motifs is 1. The highest BCUT2D eigenvalue weighted by molar-refractivity contribution is 5.80. The Hall–Kier alpha value is -3.15. The van der Waals surface area contributed by atoms with Crippen molar-refractivity contribution in [3.8, 4) is 0 Å². The van der Waals surface area contributed by atoms with Crippen LogP contribution in [-0.2, 0) is 11.3 Å². The molecule has 1 aliphatic carbocycles. The van der Waals surface area contributed by atoms with Gasteiger partial charge in [0.2, 0.25) is 5.91 Å². The van der Waals surface area contributed by atoms with E-state index in [1.807, 2.05) is 51.9 Å². The molecule has 3 aromatic rings. The predicted octanol–water partition coefficient (Wildman–Crippen LogP) is 3.38. The Morgan fingerprint density at radius 2 is 1.87 bits per heavy atom. The van der Waals surface area contributed by atoms with Gasteiger partial charge in [-0.3, -0.25) is 13.9 Å². The van der Waals surface area contributed by atoms with E-state index in [0.717, 1.165) is 43.3 Å². The van der Waals surface area contributed by atoms with Crippen LogP contribution in [0.4, 0.5) is 0 Å². The summed E-state index contributed by atoms with van der Waals surface area (Å²) < 4.78 is 3.63. The van der Waals surface area contributed by atoms with Crippen LogP contribution >= 0.6 is 0 Å². The fourth-order valence-electron chi connectivity index (χ4n) is 4.80. The summed E-state index contributed by atoms with van der Waals surface area (Å²) in [5.74, 6) is 0.289. The Morgan fingerprint density at radius 3 is 2.67 bits per heavy atom. The quantitative estimate of drug-likeness (QED) is 0.629. The molecule has 0 radical (unpaired) electrons. The zero-order valence-electron chi connectivity index (χ0n) is 17.0. The van der Waals surface area contributed by atoms with Crippen molar-refractivity contribution in [2.75, 3.05) is 13.1 Å². The van der Waals surface area contributed by atoms with Gasteiger partial charge in [0, 0.05) is 25.2 Å². The van der Waals surface area contributed by atoms with E-state index in [2.05, 4.69) is 17.1 Å². The number of benzene rings is 1. The molecule has 0 unspecified atom stereocenters. The van der Waals surface area contributed by atoms with E-state index in [1.165, 1.54) is 0 Å². The lowest BCUT2D eigenvalue weighted by atomic mass is 10.0. The summed E-state index contributed by atoms with van der Waals surface area (Å²) in [6, 6.07) is 13.8. The maximum absolute atomic E-state index is 13.5. The highest BCUT2D eigenvalue weighted by atomic mass is 16.2. The first-order chi connectivity index (χ1) is 14.7. The number of aromatic nitrogens is 3. The Balaban J connectivity index is 1.48. The van der Waals surface area contributed by atoms with Crippen LogP contribution in [0.15, 0.2) is 65.6 Å². The van der Waals surface area contributed by atoms with Gasteiger partial charge in [-0.2, -0.15) is 0 Å². The number of likely N-dealkylation sites (tertiary alicyclic amines) is 1. The van der Waals surface area contributed by atoms with Crippen LogP contribution in [0.2, 0.25) is 0 Å². The number of pyridine rings is 1. The van der Waals surface area contributed by atoms with Gasteiger partial charge < -0.3 is 4.90 Å². The molecule has 0 saturated carbocycles. The maximum Gasteiger partial charge on any atom is 0.330 e. The first kappa shape index (κ1) is 18.9. The van der Waals surface area contributed by atoms with Gasteiger partial charge in [-0.1, -0.05) is 42.5 Å². The van der Waals surface area contributed by atoms with Crippen LogP contribution in [0.5, 0.6) is 0 Å². The maximum atomic E-state index is 13.5. The molecule has 1 saturated heterocycles. The second-order valence-electron chi connectivity index (χ2n) is 8.29. The molecule has 30 heavy (non-hydrogen) atoms. The first-order valence-electron chi connectivity index (χ1n) is 10.8. The van der Waals surface area contributed by atoms with Crippen molar-refractivity contribution in [3.05, 3.63) is 76.9 Å². The van der Waals surface area contributed by atoms with Gasteiger partial charge in [-0.15, -0.1) is 0 Å². The van der Waals surface area contributed by atoms with Crippen LogP contribution in [0.25, 0.3) is 11.2 Å². The standard InChI is InChI=1S/C24H26N4O2/c29-23(19-10-4-5-11-19)26-15-7-12-20(17-26)28-22-21(13-6-14-25-22)27(24(28)30)16-18-8-2-1-3-9-18/h1-6,8-9,13-14,19-20H,7,10-12,15-17H2/t20-/m0/s1. The van der Waals surface area contributed by atoms with Gasteiger partial charge in [-0.25, -0.2) is 9.78 Å². The second-order valence-corrected chi connectivity index (χ2v) is 8.29. The van der Waals surface area contributed by atoms with E-state index in [9.17, 15) is 9.59 Å². The third-order valence-electron chi connectivity index (χ3n) is 6.34. The number of allylic oxidation sites excluding steroid dienone is 2. The van der Waals surface area contributed by atoms with Crippen molar-refractivity contribution in [3.63, 3.8) is 0 Å². The van der Waals surface area contributed by atoms with Crippen molar-refractivity contribution in [2.45, 2.75) is 38.3 Å². The monoisotopic (exact) mass is 402 g/mol. The number of hydrogen-bond acceptors (Lipinski definition) is 3. The normalized spacial score (nSPS) is 19.6. The number of hydrogen-bond donors (Lipinski definition) is 0. The van der Waals surface area contributed by atoms with Gasteiger partial charge in [0.15, 0.2) is 5.65 Å². The summed E-state index contributed by atoms with van der Waals surface area (Å²) in [6.45, 7) is 1.87. The number of imidazole rings is 1. The van der Waals surface area contributed by atoms with Crippen LogP contribution in [0.3, 0.4) is 0 Å². The lowest BCUT2D eigenvalue weighted by Crippen LogP contribution is -2.45. The molecule has 1 amide bonds. The smallest absolute Gasteiger partial charge is 0.330 e. The molecule has 6 nitrogen and oxygen atoms in total. The van der Waals surface area contributed by atoms with Gasteiger partial charge in [0.05, 0.1) is 18.1 Å². The highest BCUT2D eigenvalue weighted by Gasteiger charge is 2.31. The molecule has 2 aromatic heterocycles. The van der Waals surface area contributed by atoms with Crippen LogP contribution < -0.4 is 5.69 Å². The number of carbonyl (C=O) groups is 1. The molecule has 1 aliphatic heterocycles. The Kier molecular flexibility index (Phi) is 4.99. The molecular formula is C24H26N4O2. The molecule has 0 bridgehead atoms. The minimum atomic E-state index is -0.0469. The topological polar surface area (TPSA) is 60.1 Å². The molecule has 0 spiro atoms. The molecule has 1 aromatic carbocycles. The van der Waals surface area contributed by atoms with Gasteiger partial charge in [0.1, 0.15) is 0 Å². The van der Waals surface area contributed by atoms with Gasteiger partial charge in [0.25, 0.3) is 0 Å². The SMILES string of the molecule is O=C(C1CC=CC1)N1CCC[C@H](n2c(=O)n(Cc3ccccc3)c3cccnc32)C1. The third kappa shape index (κ3) is 3.36. The van der Waals surface area contributed by atoms with E-state index in [-0.39, 0.29) is 23.6 Å². The molecule has 3 heterocycles. The van der Waals surface area contributed by atoms with E-state index in [4.69, 9.17) is 0 Å². The molecular weight excluding hydrogens is 376 g/mol. The van der Waals surface area contributed by atoms with Crippen LogP contribution in [0.1, 0.15) is 37.3 Å². The zero-order valence-corrected chi connectivity index (χ0v) is 17.0. The van der Waals surface area contributed by atoms with Crippen LogP contribution in [0, 0.1) is 5.92 Å². The highest BCUT2D eigenvalue weighted by Crippen LogP contribution is 2.28. The Morgan fingerprint density at radius 1 is 1.07 bits per heavy atom. The van der Waals surface area contributed by atoms with E-state index in [1.54, 1.807) is 10.8 Å². The molecule has 1 atom stereocenters. The molecule has 5 rings (SSSR count). The lowest BCUT2D eigenvalue weighted by molar-refractivity contribution is -0.136. The van der Waals surface area contributed by atoms with Crippen molar-refractivity contribution in [2.24, 2.45) is 5.92 Å². The number of rotatable bonds is 4. The van der Waals surface area contributed by atoms with Crippen molar-refractivity contribution in [1.29, 1.82) is 0 Å². The number of nitrogens with zero attached hydrogens (tertiary/aromatic N) is 4. The van der Waals surface area contributed by atoms with Crippen molar-refractivity contribution in [1.82, 2.24) is 19.0 Å². The molecule has 6 heteroatoms. The Labute approximate surface area is 175 Å². The average Bonchev–Trinajstić information content (AvgIpc) is 3.42. The lowest BCUT2D eigenvalue weighted by Gasteiger charge is -2.34. The zero-order chi connectivity index (χ0) is 20.5. The number of carbonyl (C=O) groups excluding carboxylic acids is 1. The summed E-state index contributed by atoms with van der Waals surface area (Å²) >= 11 is 0. The fourth-order valence-corrected chi connectivity index (χ4v) is 4.80. The second kappa shape index (κ2) is 7.94. The minimum Gasteiger partial charge on any atom is -0.340 e. The molecule has 154 valence electrons. The van der Waals surface area contributed by atoms with Crippen LogP contribution in [-0.4, -0.2) is 38.0 Å². The summed E-state index contributed by atoms with van der Waals surface area (Å²) in [6.07, 6.45) is 9.37. The van der Waals surface area contributed by atoms with Crippen molar-refractivity contribution >= 4 is 17.1 Å². The number of amides is 1. The first-order valence-corrected chi connectivity index (χ1v) is 10.8. The Bertz CT molecular complexity index is 1140. The summed E-state index contributed by atoms with van der Waals surface area (Å²) in [5.41, 5.74) is 2.58. The molecule has 1 fully saturated rings. The summed E-state index contributed by atoms with van der Waals surface area (Å²) in [4.78, 5) is 33.0. The third-order valence-corrected chi connectivity index (χ3v) is 6.34. The molecule has 2 aliphatic rings. The van der Waals surface area contributed by atoms with E-state index in [0.29, 0.717) is 18.7 Å². The predicted molar refractivity (Wildman–Crippen MR) is 116 cm³/mol. The average molecular weight is 402 g/mol. The van der Waals surface area contributed by atoms with Gasteiger partial charge >= 0.3 is 5.69 Å². The minimum absolute atomic E-state index is 0.0426. The van der Waals surface area contributed by atoms with E-state index >= 15 is 0 Å². The summed E-state index contributed by atoms with van der Waals surface area (Å²) in [5, 5.41) is 0. The summed E-state index contributed by atoms with van der Waals surface area (Å²) in [7, 11) is 0. The molecule has 0 N–H and O–H groups in total.